The van der Waals surface area contributed by atoms with Crippen molar-refractivity contribution >= 4 is 5.97 Å². The lowest BCUT2D eigenvalue weighted by Gasteiger charge is -2.30. The first-order chi connectivity index (χ1) is 7.20. The molecule has 0 radical (unpaired) electrons. The van der Waals surface area contributed by atoms with Crippen molar-refractivity contribution < 1.29 is 14.3 Å². The maximum atomic E-state index is 10.9. The predicted octanol–water partition coefficient (Wildman–Crippen LogP) is 1.53. The Labute approximate surface area is 87.7 Å². The van der Waals surface area contributed by atoms with Crippen LogP contribution in [0.4, 0.5) is 0 Å². The number of aromatic nitrogens is 1. The quantitative estimate of drug-likeness (QED) is 0.801. The minimum absolute atomic E-state index is 0.0498. The lowest BCUT2D eigenvalue weighted by Crippen LogP contribution is -2.30. The highest BCUT2D eigenvalue weighted by Gasteiger charge is 2.28. The second-order valence-corrected chi connectivity index (χ2v) is 3.86. The van der Waals surface area contributed by atoms with Crippen LogP contribution >= 0.6 is 0 Å². The fourth-order valence-electron chi connectivity index (χ4n) is 2.06. The standard InChI is InChI=1S/C10H14N2O3/c1-12-5-3-2-4-7(12)9-8(10(13)14)11-6-15-9/h6-7H,2-5H2,1H3,(H,13,14)/t7-/m1/s1. The molecule has 1 aromatic rings. The van der Waals surface area contributed by atoms with Crippen LogP contribution in [0, 0.1) is 0 Å². The molecule has 1 aliphatic rings. The molecule has 5 heteroatoms. The van der Waals surface area contributed by atoms with E-state index in [0.717, 1.165) is 25.8 Å². The summed E-state index contributed by atoms with van der Waals surface area (Å²) in [6, 6.07) is 0.0624. The SMILES string of the molecule is CN1CCCC[C@@H]1c1ocnc1C(=O)O. The molecule has 1 N–H and O–H groups in total. The van der Waals surface area contributed by atoms with Crippen molar-refractivity contribution in [2.45, 2.75) is 25.3 Å². The van der Waals surface area contributed by atoms with E-state index in [1.165, 1.54) is 6.39 Å². The third-order valence-corrected chi connectivity index (χ3v) is 2.87. The smallest absolute Gasteiger partial charge is 0.358 e. The summed E-state index contributed by atoms with van der Waals surface area (Å²) in [5.41, 5.74) is 0.0498. The Morgan fingerprint density at radius 3 is 3.13 bits per heavy atom. The molecule has 0 aromatic carbocycles. The summed E-state index contributed by atoms with van der Waals surface area (Å²) < 4.78 is 5.20. The van der Waals surface area contributed by atoms with Crippen molar-refractivity contribution in [2.24, 2.45) is 0 Å². The van der Waals surface area contributed by atoms with Crippen molar-refractivity contribution in [3.63, 3.8) is 0 Å². The average molecular weight is 210 g/mol. The molecule has 1 aliphatic heterocycles. The summed E-state index contributed by atoms with van der Waals surface area (Å²) in [5.74, 6) is -0.526. The van der Waals surface area contributed by atoms with Crippen LogP contribution in [-0.2, 0) is 0 Å². The van der Waals surface area contributed by atoms with E-state index in [-0.39, 0.29) is 11.7 Å². The van der Waals surface area contributed by atoms with Crippen molar-refractivity contribution in [2.75, 3.05) is 13.6 Å². The van der Waals surface area contributed by atoms with Crippen LogP contribution in [0.3, 0.4) is 0 Å². The molecule has 1 fully saturated rings. The molecule has 0 unspecified atom stereocenters. The van der Waals surface area contributed by atoms with Gasteiger partial charge in [0.1, 0.15) is 0 Å². The molecular formula is C10H14N2O3. The Morgan fingerprint density at radius 1 is 1.67 bits per heavy atom. The number of likely N-dealkylation sites (tertiary alicyclic amines) is 1. The Bertz CT molecular complexity index is 361. The number of carboxylic acids is 1. The molecule has 2 rings (SSSR count). The van der Waals surface area contributed by atoms with Gasteiger partial charge in [-0.05, 0) is 26.4 Å². The second kappa shape index (κ2) is 4.02. The number of carboxylic acid groups (broad SMARTS) is 1. The van der Waals surface area contributed by atoms with E-state index < -0.39 is 5.97 Å². The monoisotopic (exact) mass is 210 g/mol. The Kier molecular flexibility index (Phi) is 2.73. The van der Waals surface area contributed by atoms with Gasteiger partial charge in [-0.2, -0.15) is 0 Å². The third kappa shape index (κ3) is 1.87. The summed E-state index contributed by atoms with van der Waals surface area (Å²) >= 11 is 0. The first-order valence-electron chi connectivity index (χ1n) is 5.07. The van der Waals surface area contributed by atoms with E-state index in [1.54, 1.807) is 0 Å². The topological polar surface area (TPSA) is 66.6 Å². The molecule has 82 valence electrons. The maximum Gasteiger partial charge on any atom is 0.358 e. The lowest BCUT2D eigenvalue weighted by molar-refractivity contribution is 0.0682. The van der Waals surface area contributed by atoms with E-state index >= 15 is 0 Å². The molecule has 1 saturated heterocycles. The number of hydrogen-bond donors (Lipinski definition) is 1. The summed E-state index contributed by atoms with van der Waals surface area (Å²) in [6.45, 7) is 0.977. The van der Waals surface area contributed by atoms with Gasteiger partial charge in [0.2, 0.25) is 0 Å². The largest absolute Gasteiger partial charge is 0.476 e. The molecule has 1 aromatic heterocycles. The zero-order valence-electron chi connectivity index (χ0n) is 8.64. The Hall–Kier alpha value is -1.36. The van der Waals surface area contributed by atoms with Crippen LogP contribution in [-0.4, -0.2) is 34.6 Å². The molecular weight excluding hydrogens is 196 g/mol. The van der Waals surface area contributed by atoms with E-state index in [4.69, 9.17) is 9.52 Å². The predicted molar refractivity (Wildman–Crippen MR) is 52.7 cm³/mol. The number of nitrogens with zero attached hydrogens (tertiary/aromatic N) is 2. The van der Waals surface area contributed by atoms with E-state index in [2.05, 4.69) is 9.88 Å². The van der Waals surface area contributed by atoms with Crippen LogP contribution in [0.5, 0.6) is 0 Å². The van der Waals surface area contributed by atoms with E-state index in [9.17, 15) is 4.79 Å². The molecule has 0 spiro atoms. The zero-order chi connectivity index (χ0) is 10.8. The van der Waals surface area contributed by atoms with Gasteiger partial charge < -0.3 is 9.52 Å². The normalized spacial score (nSPS) is 22.9. The number of piperidine rings is 1. The molecule has 1 atom stereocenters. The van der Waals surface area contributed by atoms with E-state index in [0.29, 0.717) is 5.76 Å². The molecule has 0 saturated carbocycles. The highest BCUT2D eigenvalue weighted by atomic mass is 16.4. The number of aromatic carboxylic acids is 1. The highest BCUT2D eigenvalue weighted by Crippen LogP contribution is 2.31. The molecule has 15 heavy (non-hydrogen) atoms. The van der Waals surface area contributed by atoms with Crippen molar-refractivity contribution in [1.29, 1.82) is 0 Å². The van der Waals surface area contributed by atoms with Crippen molar-refractivity contribution in [3.05, 3.63) is 17.8 Å². The molecule has 0 aliphatic carbocycles. The van der Waals surface area contributed by atoms with Gasteiger partial charge in [-0.3, -0.25) is 4.90 Å². The Balaban J connectivity index is 2.27. The van der Waals surface area contributed by atoms with Gasteiger partial charge in [0.25, 0.3) is 0 Å². The number of carbonyl (C=O) groups is 1. The molecule has 0 amide bonds. The van der Waals surface area contributed by atoms with Crippen LogP contribution in [0.15, 0.2) is 10.8 Å². The minimum Gasteiger partial charge on any atom is -0.476 e. The summed E-state index contributed by atoms with van der Waals surface area (Å²) in [5, 5.41) is 8.93. The van der Waals surface area contributed by atoms with Gasteiger partial charge >= 0.3 is 5.97 Å². The lowest BCUT2D eigenvalue weighted by atomic mass is 10.00. The molecule has 0 bridgehead atoms. The third-order valence-electron chi connectivity index (χ3n) is 2.87. The minimum atomic E-state index is -1.02. The number of rotatable bonds is 2. The van der Waals surface area contributed by atoms with Crippen LogP contribution < -0.4 is 0 Å². The van der Waals surface area contributed by atoms with Crippen molar-refractivity contribution in [1.82, 2.24) is 9.88 Å². The van der Waals surface area contributed by atoms with Gasteiger partial charge in [0.05, 0.1) is 6.04 Å². The summed E-state index contributed by atoms with van der Waals surface area (Å²) in [6.07, 6.45) is 4.41. The second-order valence-electron chi connectivity index (χ2n) is 3.86. The van der Waals surface area contributed by atoms with Crippen molar-refractivity contribution in [3.8, 4) is 0 Å². The zero-order valence-corrected chi connectivity index (χ0v) is 8.64. The maximum absolute atomic E-state index is 10.9. The molecule has 5 nitrogen and oxygen atoms in total. The summed E-state index contributed by atoms with van der Waals surface area (Å²) in [4.78, 5) is 16.7. The van der Waals surface area contributed by atoms with Crippen LogP contribution in [0.1, 0.15) is 41.6 Å². The highest BCUT2D eigenvalue weighted by molar-refractivity contribution is 5.86. The first kappa shape index (κ1) is 10.2. The van der Waals surface area contributed by atoms with Gasteiger partial charge in [0, 0.05) is 0 Å². The average Bonchev–Trinajstić information content (AvgIpc) is 2.67. The van der Waals surface area contributed by atoms with Crippen LogP contribution in [0.2, 0.25) is 0 Å². The van der Waals surface area contributed by atoms with Gasteiger partial charge in [-0.15, -0.1) is 0 Å². The van der Waals surface area contributed by atoms with Gasteiger partial charge in [0.15, 0.2) is 17.8 Å². The fourth-order valence-corrected chi connectivity index (χ4v) is 2.06. The van der Waals surface area contributed by atoms with Crippen LogP contribution in [0.25, 0.3) is 0 Å². The number of hydrogen-bond acceptors (Lipinski definition) is 4. The fraction of sp³-hybridized carbons (Fsp3) is 0.600. The number of oxazole rings is 1. The molecule has 2 heterocycles. The Morgan fingerprint density at radius 2 is 2.47 bits per heavy atom. The van der Waals surface area contributed by atoms with E-state index in [1.807, 2.05) is 7.05 Å². The van der Waals surface area contributed by atoms with Gasteiger partial charge in [-0.25, -0.2) is 9.78 Å². The first-order valence-corrected chi connectivity index (χ1v) is 5.07. The summed E-state index contributed by atoms with van der Waals surface area (Å²) in [7, 11) is 1.98. The van der Waals surface area contributed by atoms with Gasteiger partial charge in [-0.1, -0.05) is 6.42 Å².